The van der Waals surface area contributed by atoms with Crippen molar-refractivity contribution in [3.63, 3.8) is 0 Å². The van der Waals surface area contributed by atoms with E-state index in [0.717, 1.165) is 18.1 Å². The molecule has 1 aliphatic carbocycles. The van der Waals surface area contributed by atoms with Gasteiger partial charge in [-0.3, -0.25) is 4.90 Å². The summed E-state index contributed by atoms with van der Waals surface area (Å²) < 4.78 is 5.34. The molecule has 0 saturated carbocycles. The summed E-state index contributed by atoms with van der Waals surface area (Å²) in [5.74, 6) is 1.81. The van der Waals surface area contributed by atoms with E-state index in [1.807, 2.05) is 6.07 Å². The van der Waals surface area contributed by atoms with E-state index in [1.165, 1.54) is 49.9 Å². The van der Waals surface area contributed by atoms with Crippen LogP contribution in [0.4, 0.5) is 0 Å². The molecule has 1 heterocycles. The number of likely N-dealkylation sites (tertiary alicyclic amines) is 1. The number of rotatable bonds is 3. The van der Waals surface area contributed by atoms with Crippen molar-refractivity contribution in [3.05, 3.63) is 29.3 Å². The number of aryl methyl sites for hydroxylation is 1. The third-order valence-electron chi connectivity index (χ3n) is 5.43. The minimum Gasteiger partial charge on any atom is -0.497 e. The van der Waals surface area contributed by atoms with Crippen molar-refractivity contribution < 1.29 is 4.74 Å². The molecule has 0 spiro atoms. The zero-order valence-corrected chi connectivity index (χ0v) is 13.3. The molecule has 3 nitrogen and oxygen atoms in total. The van der Waals surface area contributed by atoms with Crippen LogP contribution in [0.1, 0.15) is 49.8 Å². The second kappa shape index (κ2) is 6.37. The molecule has 3 heteroatoms. The SMILES string of the molecule is CCC1CCCN(C2CCc3cc(OC)ccc3C2N)C1. The molecule has 2 aliphatic rings. The van der Waals surface area contributed by atoms with Crippen molar-refractivity contribution in [1.29, 1.82) is 0 Å². The molecule has 0 amide bonds. The maximum absolute atomic E-state index is 6.62. The van der Waals surface area contributed by atoms with Gasteiger partial charge in [-0.1, -0.05) is 19.4 Å². The van der Waals surface area contributed by atoms with E-state index in [9.17, 15) is 0 Å². The Morgan fingerprint density at radius 1 is 1.33 bits per heavy atom. The highest BCUT2D eigenvalue weighted by molar-refractivity contribution is 5.40. The van der Waals surface area contributed by atoms with Gasteiger partial charge in [0.25, 0.3) is 0 Å². The fourth-order valence-electron chi connectivity index (χ4n) is 4.08. The van der Waals surface area contributed by atoms with Gasteiger partial charge >= 0.3 is 0 Å². The molecule has 2 N–H and O–H groups in total. The Kier molecular flexibility index (Phi) is 4.51. The molecular formula is C18H28N2O. The topological polar surface area (TPSA) is 38.5 Å². The van der Waals surface area contributed by atoms with E-state index < -0.39 is 0 Å². The zero-order chi connectivity index (χ0) is 14.8. The van der Waals surface area contributed by atoms with Gasteiger partial charge < -0.3 is 10.5 Å². The third kappa shape index (κ3) is 2.95. The molecule has 0 aromatic heterocycles. The minimum atomic E-state index is 0.148. The molecule has 1 aliphatic heterocycles. The standard InChI is InChI=1S/C18H28N2O/c1-3-13-5-4-10-20(12-13)17-9-6-14-11-15(21-2)7-8-16(14)18(17)19/h7-8,11,13,17-18H,3-6,9-10,12,19H2,1-2H3. The summed E-state index contributed by atoms with van der Waals surface area (Å²) >= 11 is 0. The number of nitrogens with two attached hydrogens (primary N) is 1. The molecular weight excluding hydrogens is 260 g/mol. The van der Waals surface area contributed by atoms with Gasteiger partial charge in [-0.05, 0) is 61.4 Å². The number of piperidine rings is 1. The van der Waals surface area contributed by atoms with Crippen molar-refractivity contribution in [1.82, 2.24) is 4.90 Å². The van der Waals surface area contributed by atoms with Crippen LogP contribution in [0.5, 0.6) is 5.75 Å². The van der Waals surface area contributed by atoms with Gasteiger partial charge in [-0.2, -0.15) is 0 Å². The van der Waals surface area contributed by atoms with Crippen LogP contribution in [0, 0.1) is 5.92 Å². The lowest BCUT2D eigenvalue weighted by molar-refractivity contribution is 0.0954. The molecule has 1 fully saturated rings. The average molecular weight is 288 g/mol. The van der Waals surface area contributed by atoms with Crippen LogP contribution in [-0.4, -0.2) is 31.1 Å². The second-order valence-corrected chi connectivity index (χ2v) is 6.61. The zero-order valence-electron chi connectivity index (χ0n) is 13.3. The summed E-state index contributed by atoms with van der Waals surface area (Å²) in [5.41, 5.74) is 9.32. The van der Waals surface area contributed by atoms with Crippen molar-refractivity contribution in [2.75, 3.05) is 20.2 Å². The number of nitrogens with zero attached hydrogens (tertiary/aromatic N) is 1. The summed E-state index contributed by atoms with van der Waals surface area (Å²) in [6, 6.07) is 7.05. The first kappa shape index (κ1) is 14.9. The highest BCUT2D eigenvalue weighted by Crippen LogP contribution is 2.35. The lowest BCUT2D eigenvalue weighted by Gasteiger charge is -2.43. The molecule has 21 heavy (non-hydrogen) atoms. The van der Waals surface area contributed by atoms with Crippen LogP contribution >= 0.6 is 0 Å². The first-order valence-corrected chi connectivity index (χ1v) is 8.39. The summed E-state index contributed by atoms with van der Waals surface area (Å²) in [5, 5.41) is 0. The van der Waals surface area contributed by atoms with Crippen LogP contribution in [0.2, 0.25) is 0 Å². The van der Waals surface area contributed by atoms with Crippen molar-refractivity contribution in [2.45, 2.75) is 51.1 Å². The van der Waals surface area contributed by atoms with E-state index in [-0.39, 0.29) is 6.04 Å². The van der Waals surface area contributed by atoms with Crippen LogP contribution in [0.15, 0.2) is 18.2 Å². The smallest absolute Gasteiger partial charge is 0.119 e. The number of benzene rings is 1. The monoisotopic (exact) mass is 288 g/mol. The third-order valence-corrected chi connectivity index (χ3v) is 5.43. The molecule has 1 aromatic rings. The predicted molar refractivity (Wildman–Crippen MR) is 86.6 cm³/mol. The van der Waals surface area contributed by atoms with Gasteiger partial charge in [0.15, 0.2) is 0 Å². The second-order valence-electron chi connectivity index (χ2n) is 6.61. The Labute approximate surface area is 128 Å². The van der Waals surface area contributed by atoms with Crippen LogP contribution < -0.4 is 10.5 Å². The maximum atomic E-state index is 6.62. The van der Waals surface area contributed by atoms with Crippen LogP contribution in [0.3, 0.4) is 0 Å². The van der Waals surface area contributed by atoms with Gasteiger partial charge in [0.2, 0.25) is 0 Å². The number of fused-ring (bicyclic) bond motifs is 1. The van der Waals surface area contributed by atoms with Crippen molar-refractivity contribution >= 4 is 0 Å². The fourth-order valence-corrected chi connectivity index (χ4v) is 4.08. The molecule has 1 aromatic carbocycles. The lowest BCUT2D eigenvalue weighted by Crippen LogP contribution is -2.49. The van der Waals surface area contributed by atoms with E-state index in [1.54, 1.807) is 7.11 Å². The molecule has 3 unspecified atom stereocenters. The summed E-state index contributed by atoms with van der Waals surface area (Å²) in [7, 11) is 1.73. The molecule has 0 radical (unpaired) electrons. The number of methoxy groups -OCH3 is 1. The quantitative estimate of drug-likeness (QED) is 0.928. The lowest BCUT2D eigenvalue weighted by atomic mass is 9.82. The summed E-state index contributed by atoms with van der Waals surface area (Å²) in [6.07, 6.45) is 6.32. The van der Waals surface area contributed by atoms with Gasteiger partial charge in [0, 0.05) is 18.6 Å². The van der Waals surface area contributed by atoms with Gasteiger partial charge in [0.1, 0.15) is 5.75 Å². The number of hydrogen-bond donors (Lipinski definition) is 1. The van der Waals surface area contributed by atoms with Crippen molar-refractivity contribution in [3.8, 4) is 5.75 Å². The first-order valence-electron chi connectivity index (χ1n) is 8.39. The van der Waals surface area contributed by atoms with Crippen LogP contribution in [0.25, 0.3) is 0 Å². The number of ether oxygens (including phenoxy) is 1. The van der Waals surface area contributed by atoms with E-state index >= 15 is 0 Å². The largest absolute Gasteiger partial charge is 0.497 e. The Balaban J connectivity index is 1.77. The van der Waals surface area contributed by atoms with E-state index in [4.69, 9.17) is 10.5 Å². The number of hydrogen-bond acceptors (Lipinski definition) is 3. The summed E-state index contributed by atoms with van der Waals surface area (Å²) in [4.78, 5) is 2.66. The minimum absolute atomic E-state index is 0.148. The Hall–Kier alpha value is -1.06. The molecule has 3 rings (SSSR count). The Bertz CT molecular complexity index is 488. The molecule has 116 valence electrons. The fraction of sp³-hybridized carbons (Fsp3) is 0.667. The van der Waals surface area contributed by atoms with Gasteiger partial charge in [-0.15, -0.1) is 0 Å². The first-order chi connectivity index (χ1) is 10.2. The Morgan fingerprint density at radius 2 is 2.19 bits per heavy atom. The average Bonchev–Trinajstić information content (AvgIpc) is 2.55. The molecule has 0 bridgehead atoms. The predicted octanol–water partition coefficient (Wildman–Crippen LogP) is 3.13. The van der Waals surface area contributed by atoms with Gasteiger partial charge in [0.05, 0.1) is 7.11 Å². The van der Waals surface area contributed by atoms with E-state index in [2.05, 4.69) is 24.0 Å². The van der Waals surface area contributed by atoms with E-state index in [0.29, 0.717) is 6.04 Å². The maximum Gasteiger partial charge on any atom is 0.119 e. The molecule has 1 saturated heterocycles. The summed E-state index contributed by atoms with van der Waals surface area (Å²) in [6.45, 7) is 4.78. The highest BCUT2D eigenvalue weighted by atomic mass is 16.5. The molecule has 3 atom stereocenters. The van der Waals surface area contributed by atoms with Gasteiger partial charge in [-0.25, -0.2) is 0 Å². The Morgan fingerprint density at radius 3 is 2.95 bits per heavy atom. The highest BCUT2D eigenvalue weighted by Gasteiger charge is 2.33. The normalized spacial score (nSPS) is 30.0. The van der Waals surface area contributed by atoms with Crippen molar-refractivity contribution in [2.24, 2.45) is 11.7 Å². The van der Waals surface area contributed by atoms with Crippen LogP contribution in [-0.2, 0) is 6.42 Å².